The minimum atomic E-state index is -2.52. The number of imidazole rings is 1. The molecule has 1 N–H and O–H groups in total. The highest BCUT2D eigenvalue weighted by molar-refractivity contribution is 5.82. The number of hydrogen-bond donors (Lipinski definition) is 1. The number of aryl methyl sites for hydroxylation is 1. The maximum Gasteiger partial charge on any atom is 0.256 e. The lowest BCUT2D eigenvalue weighted by Gasteiger charge is -2.34. The largest absolute Gasteiger partial charge is 0.347 e. The Morgan fingerprint density at radius 2 is 2.09 bits per heavy atom. The molecule has 0 radical (unpaired) electrons. The van der Waals surface area contributed by atoms with Crippen molar-refractivity contribution in [1.29, 1.82) is 0 Å². The number of halogens is 3. The highest BCUT2D eigenvalue weighted by Crippen LogP contribution is 2.27. The van der Waals surface area contributed by atoms with Crippen molar-refractivity contribution in [1.82, 2.24) is 34.0 Å². The summed E-state index contributed by atoms with van der Waals surface area (Å²) in [6.45, 7) is 3.14. The van der Waals surface area contributed by atoms with E-state index in [4.69, 9.17) is 0 Å². The van der Waals surface area contributed by atoms with Crippen LogP contribution in [0.4, 0.5) is 19.1 Å². The van der Waals surface area contributed by atoms with Crippen LogP contribution in [0, 0.1) is 6.92 Å². The van der Waals surface area contributed by atoms with Gasteiger partial charge in [-0.3, -0.25) is 4.79 Å². The Morgan fingerprint density at radius 3 is 2.82 bits per heavy atom. The van der Waals surface area contributed by atoms with E-state index in [2.05, 4.69) is 25.4 Å². The van der Waals surface area contributed by atoms with Gasteiger partial charge >= 0.3 is 0 Å². The third kappa shape index (κ3) is 4.03. The van der Waals surface area contributed by atoms with Crippen LogP contribution in [0.1, 0.15) is 19.2 Å². The van der Waals surface area contributed by atoms with E-state index in [1.165, 1.54) is 16.4 Å². The van der Waals surface area contributed by atoms with Crippen LogP contribution < -0.4 is 5.32 Å². The Bertz CT molecular complexity index is 1370. The zero-order valence-corrected chi connectivity index (χ0v) is 18.6. The molecule has 12 heteroatoms. The second-order valence-electron chi connectivity index (χ2n) is 8.36. The van der Waals surface area contributed by atoms with Crippen LogP contribution in [0.5, 0.6) is 0 Å². The number of carbonyl (C=O) groups excluding carboxylic acids is 1. The van der Waals surface area contributed by atoms with Gasteiger partial charge in [0, 0.05) is 25.2 Å². The Hall–Kier alpha value is -3.70. The molecule has 9 nitrogen and oxygen atoms in total. The van der Waals surface area contributed by atoms with Crippen LogP contribution in [-0.4, -0.2) is 71.7 Å². The minimum absolute atomic E-state index is 0.0404. The van der Waals surface area contributed by atoms with Gasteiger partial charge in [0.15, 0.2) is 5.65 Å². The molecule has 178 valence electrons. The lowest BCUT2D eigenvalue weighted by molar-refractivity contribution is -0.131. The summed E-state index contributed by atoms with van der Waals surface area (Å²) in [5.74, 6) is 0.603. The number of hydrogen-bond acceptors (Lipinski definition) is 6. The molecule has 34 heavy (non-hydrogen) atoms. The highest BCUT2D eigenvalue weighted by Gasteiger charge is 2.31. The second-order valence-corrected chi connectivity index (χ2v) is 8.36. The Morgan fingerprint density at radius 1 is 1.26 bits per heavy atom. The van der Waals surface area contributed by atoms with Gasteiger partial charge in [-0.05, 0) is 31.5 Å². The van der Waals surface area contributed by atoms with Crippen LogP contribution in [0.15, 0.2) is 30.6 Å². The van der Waals surface area contributed by atoms with Gasteiger partial charge < -0.3 is 14.8 Å². The maximum atomic E-state index is 14.5. The fraction of sp³-hybridized carbons (Fsp3) is 0.409. The number of nitrogens with zero attached hydrogens (tertiary/aromatic N) is 7. The van der Waals surface area contributed by atoms with Crippen molar-refractivity contribution < 1.29 is 18.0 Å². The number of alkyl halides is 3. The lowest BCUT2D eigenvalue weighted by Crippen LogP contribution is -2.49. The van der Waals surface area contributed by atoms with Crippen LogP contribution in [0.3, 0.4) is 0 Å². The molecule has 4 aromatic rings. The monoisotopic (exact) mass is 472 g/mol. The van der Waals surface area contributed by atoms with Crippen molar-refractivity contribution in [2.24, 2.45) is 0 Å². The second kappa shape index (κ2) is 8.58. The molecule has 0 bridgehead atoms. The fourth-order valence-corrected chi connectivity index (χ4v) is 4.32. The minimum Gasteiger partial charge on any atom is -0.347 e. The third-order valence-corrected chi connectivity index (χ3v) is 6.10. The molecule has 2 atom stereocenters. The average molecular weight is 472 g/mol. The smallest absolute Gasteiger partial charge is 0.256 e. The number of nitrogens with one attached hydrogen (secondary N) is 1. The molecule has 0 saturated carbocycles. The van der Waals surface area contributed by atoms with Gasteiger partial charge in [0.05, 0.1) is 36.5 Å². The van der Waals surface area contributed by atoms with E-state index in [9.17, 15) is 18.0 Å². The summed E-state index contributed by atoms with van der Waals surface area (Å²) in [5, 5.41) is 7.46. The number of likely N-dealkylation sites (tertiary alicyclic amines) is 1. The number of fused-ring (bicyclic) bond motifs is 2. The number of anilines is 1. The predicted octanol–water partition coefficient (Wildman–Crippen LogP) is 3.09. The Labute approximate surface area is 192 Å². The van der Waals surface area contributed by atoms with Crippen LogP contribution in [0.25, 0.3) is 27.9 Å². The number of aromatic nitrogens is 6. The van der Waals surface area contributed by atoms with E-state index < -0.39 is 25.2 Å². The highest BCUT2D eigenvalue weighted by atomic mass is 19.3. The van der Waals surface area contributed by atoms with Crippen molar-refractivity contribution in [3.8, 4) is 11.3 Å². The van der Waals surface area contributed by atoms with Gasteiger partial charge in [-0.25, -0.2) is 32.6 Å². The predicted molar refractivity (Wildman–Crippen MR) is 119 cm³/mol. The first-order chi connectivity index (χ1) is 16.3. The topological polar surface area (TPSA) is 93.2 Å². The standard InChI is InChI=1S/C22H23F3N8O/c1-12-27-18-4-3-16(28-21(18)32(12)11-20(24)25)14-5-8-33-19(14)9-26-22(30-33)29-17-6-7-31(13(2)34)10-15(17)23/h3-5,8-9,15,17,20H,6-7,10-11H2,1-2H3,(H,29,30)/t15-,17+/m0/s1. The van der Waals surface area contributed by atoms with Gasteiger partial charge in [0.25, 0.3) is 6.43 Å². The first kappa shape index (κ1) is 22.1. The number of pyridine rings is 1. The molecular formula is C22H23F3N8O. The van der Waals surface area contributed by atoms with Crippen LogP contribution in [-0.2, 0) is 11.3 Å². The van der Waals surface area contributed by atoms with Gasteiger partial charge in [-0.2, -0.15) is 0 Å². The lowest BCUT2D eigenvalue weighted by atomic mass is 10.0. The zero-order chi connectivity index (χ0) is 24.0. The third-order valence-electron chi connectivity index (χ3n) is 6.10. The van der Waals surface area contributed by atoms with E-state index in [0.29, 0.717) is 41.2 Å². The summed E-state index contributed by atoms with van der Waals surface area (Å²) in [6, 6.07) is 4.85. The van der Waals surface area contributed by atoms with E-state index >= 15 is 0 Å². The summed E-state index contributed by atoms with van der Waals surface area (Å²) in [5.41, 5.74) is 2.91. The average Bonchev–Trinajstić information content (AvgIpc) is 3.35. The Kier molecular flexibility index (Phi) is 5.58. The van der Waals surface area contributed by atoms with E-state index in [1.807, 2.05) is 6.07 Å². The number of amides is 1. The molecule has 5 rings (SSSR count). The van der Waals surface area contributed by atoms with Crippen molar-refractivity contribution in [3.63, 3.8) is 0 Å². The van der Waals surface area contributed by atoms with E-state index in [0.717, 1.165) is 5.56 Å². The number of piperidine rings is 1. The molecule has 5 heterocycles. The van der Waals surface area contributed by atoms with Gasteiger partial charge in [-0.15, -0.1) is 5.10 Å². The normalized spacial score (nSPS) is 18.8. The molecular weight excluding hydrogens is 449 g/mol. The van der Waals surface area contributed by atoms with Crippen LogP contribution >= 0.6 is 0 Å². The van der Waals surface area contributed by atoms with Crippen molar-refractivity contribution in [2.45, 2.75) is 45.5 Å². The fourth-order valence-electron chi connectivity index (χ4n) is 4.32. The molecule has 1 amide bonds. The summed E-state index contributed by atoms with van der Waals surface area (Å²) in [7, 11) is 0. The first-order valence-corrected chi connectivity index (χ1v) is 10.9. The molecule has 1 aliphatic rings. The van der Waals surface area contributed by atoms with Gasteiger partial charge in [0.2, 0.25) is 11.9 Å². The molecule has 0 aromatic carbocycles. The summed E-state index contributed by atoms with van der Waals surface area (Å²) < 4.78 is 43.6. The van der Waals surface area contributed by atoms with Gasteiger partial charge in [-0.1, -0.05) is 0 Å². The van der Waals surface area contributed by atoms with Gasteiger partial charge in [0.1, 0.15) is 17.5 Å². The van der Waals surface area contributed by atoms with Crippen molar-refractivity contribution >= 4 is 28.5 Å². The molecule has 0 unspecified atom stereocenters. The van der Waals surface area contributed by atoms with Crippen molar-refractivity contribution in [2.75, 3.05) is 18.4 Å². The summed E-state index contributed by atoms with van der Waals surface area (Å²) in [6.07, 6.45) is 0.0471. The van der Waals surface area contributed by atoms with Crippen molar-refractivity contribution in [3.05, 3.63) is 36.4 Å². The molecule has 1 aliphatic heterocycles. The summed E-state index contributed by atoms with van der Waals surface area (Å²) in [4.78, 5) is 26.2. The quantitative estimate of drug-likeness (QED) is 0.480. The zero-order valence-electron chi connectivity index (χ0n) is 18.6. The SMILES string of the molecule is CC(=O)N1CC[C@@H](Nc2ncc3c(-c4ccc5nc(C)n(CC(F)F)c5n4)ccn3n2)[C@@H](F)C1. The molecule has 1 saturated heterocycles. The first-order valence-electron chi connectivity index (χ1n) is 10.9. The summed E-state index contributed by atoms with van der Waals surface area (Å²) >= 11 is 0. The number of carbonyl (C=O) groups is 1. The Balaban J connectivity index is 1.41. The number of rotatable bonds is 5. The molecule has 4 aromatic heterocycles. The molecule has 0 spiro atoms. The van der Waals surface area contributed by atoms with E-state index in [1.54, 1.807) is 36.0 Å². The molecule has 1 fully saturated rings. The van der Waals surface area contributed by atoms with E-state index in [-0.39, 0.29) is 18.4 Å². The molecule has 0 aliphatic carbocycles. The maximum absolute atomic E-state index is 14.5. The van der Waals surface area contributed by atoms with Crippen LogP contribution in [0.2, 0.25) is 0 Å².